The molecule has 2 aromatic rings. The Morgan fingerprint density at radius 1 is 1.44 bits per heavy atom. The summed E-state index contributed by atoms with van der Waals surface area (Å²) in [7, 11) is 2.05. The molecule has 2 nitrogen and oxygen atoms in total. The Bertz CT molecular complexity index is 526. The van der Waals surface area contributed by atoms with E-state index in [2.05, 4.69) is 29.6 Å². The number of rotatable bonds is 3. The highest BCUT2D eigenvalue weighted by molar-refractivity contribution is 6.31. The van der Waals surface area contributed by atoms with Crippen LogP contribution < -0.4 is 5.32 Å². The Morgan fingerprint density at radius 3 is 2.94 bits per heavy atom. The maximum atomic E-state index is 5.97. The summed E-state index contributed by atoms with van der Waals surface area (Å²) >= 11 is 5.97. The van der Waals surface area contributed by atoms with Gasteiger partial charge in [0.15, 0.2) is 0 Å². The van der Waals surface area contributed by atoms with Gasteiger partial charge in [-0.3, -0.25) is 0 Å². The molecule has 2 N–H and O–H groups in total. The molecule has 1 aromatic carbocycles. The number of nitrogens with one attached hydrogen (secondary N) is 2. The predicted octanol–water partition coefficient (Wildman–Crippen LogP) is 3.12. The molecule has 0 unspecified atom stereocenters. The second-order valence-electron chi connectivity index (χ2n) is 4.71. The minimum absolute atomic E-state index is 0.356. The van der Waals surface area contributed by atoms with E-state index in [1.165, 1.54) is 23.8 Å². The van der Waals surface area contributed by atoms with E-state index in [4.69, 9.17) is 11.6 Å². The number of likely N-dealkylation sites (N-methyl/N-ethyl adjacent to an activating group) is 1. The Kier molecular flexibility index (Phi) is 2.23. The van der Waals surface area contributed by atoms with Crippen molar-refractivity contribution in [3.63, 3.8) is 0 Å². The van der Waals surface area contributed by atoms with Crippen LogP contribution in [0.3, 0.4) is 0 Å². The van der Waals surface area contributed by atoms with Gasteiger partial charge in [0.05, 0.1) is 0 Å². The van der Waals surface area contributed by atoms with Crippen molar-refractivity contribution in [1.82, 2.24) is 10.3 Å². The van der Waals surface area contributed by atoms with Crippen LogP contribution >= 0.6 is 11.6 Å². The summed E-state index contributed by atoms with van der Waals surface area (Å²) < 4.78 is 0. The van der Waals surface area contributed by atoms with E-state index in [1.807, 2.05) is 12.1 Å². The molecule has 0 spiro atoms. The molecule has 16 heavy (non-hydrogen) atoms. The third kappa shape index (κ3) is 1.62. The van der Waals surface area contributed by atoms with Gasteiger partial charge in [-0.15, -0.1) is 0 Å². The highest BCUT2D eigenvalue weighted by Gasteiger charge is 2.41. The van der Waals surface area contributed by atoms with Crippen LogP contribution in [-0.4, -0.2) is 17.6 Å². The first kappa shape index (κ1) is 10.2. The van der Waals surface area contributed by atoms with Gasteiger partial charge < -0.3 is 10.3 Å². The summed E-state index contributed by atoms with van der Waals surface area (Å²) in [5.41, 5.74) is 2.88. The third-order valence-electron chi connectivity index (χ3n) is 3.64. The topological polar surface area (TPSA) is 27.8 Å². The van der Waals surface area contributed by atoms with Crippen LogP contribution in [0.5, 0.6) is 0 Å². The highest BCUT2D eigenvalue weighted by Crippen LogP contribution is 2.39. The van der Waals surface area contributed by atoms with Crippen molar-refractivity contribution in [2.45, 2.75) is 24.8 Å². The summed E-state index contributed by atoms with van der Waals surface area (Å²) in [4.78, 5) is 3.29. The molecule has 0 aliphatic heterocycles. The molecule has 0 saturated heterocycles. The van der Waals surface area contributed by atoms with Gasteiger partial charge in [0.25, 0.3) is 0 Å². The monoisotopic (exact) mass is 234 g/mol. The molecule has 1 aliphatic rings. The SMILES string of the molecule is CNC1(Cc2c[nH]c3cc(Cl)ccc23)CC1. The van der Waals surface area contributed by atoms with Gasteiger partial charge in [-0.25, -0.2) is 0 Å². The van der Waals surface area contributed by atoms with Crippen LogP contribution in [0.15, 0.2) is 24.4 Å². The average Bonchev–Trinajstić information content (AvgIpc) is 2.95. The van der Waals surface area contributed by atoms with Crippen molar-refractivity contribution in [3.8, 4) is 0 Å². The Hall–Kier alpha value is -0.990. The zero-order chi connectivity index (χ0) is 11.2. The Balaban J connectivity index is 1.98. The predicted molar refractivity (Wildman–Crippen MR) is 68.0 cm³/mol. The molecule has 0 bridgehead atoms. The lowest BCUT2D eigenvalue weighted by Crippen LogP contribution is -2.29. The van der Waals surface area contributed by atoms with Crippen molar-refractivity contribution >= 4 is 22.5 Å². The number of hydrogen-bond donors (Lipinski definition) is 2. The number of aromatic amines is 1. The standard InChI is InChI=1S/C13H15ClN2/c1-15-13(4-5-13)7-9-8-16-12-6-10(14)2-3-11(9)12/h2-3,6,8,15-16H,4-5,7H2,1H3. The normalized spacial score (nSPS) is 17.9. The molecule has 0 atom stereocenters. The first-order valence-corrected chi connectivity index (χ1v) is 6.05. The molecule has 1 fully saturated rings. The summed E-state index contributed by atoms with van der Waals surface area (Å²) in [6.45, 7) is 0. The smallest absolute Gasteiger partial charge is 0.0471 e. The minimum Gasteiger partial charge on any atom is -0.361 e. The molecule has 1 aromatic heterocycles. The third-order valence-corrected chi connectivity index (χ3v) is 3.88. The number of halogens is 1. The maximum absolute atomic E-state index is 5.97. The first-order valence-electron chi connectivity index (χ1n) is 5.67. The number of fused-ring (bicyclic) bond motifs is 1. The molecule has 3 rings (SSSR count). The van der Waals surface area contributed by atoms with E-state index in [-0.39, 0.29) is 0 Å². The fraction of sp³-hybridized carbons (Fsp3) is 0.385. The molecule has 84 valence electrons. The van der Waals surface area contributed by atoms with Gasteiger partial charge in [0, 0.05) is 27.7 Å². The second-order valence-corrected chi connectivity index (χ2v) is 5.15. The van der Waals surface area contributed by atoms with E-state index in [0.29, 0.717) is 5.54 Å². The van der Waals surface area contributed by atoms with E-state index in [9.17, 15) is 0 Å². The van der Waals surface area contributed by atoms with Gasteiger partial charge in [-0.2, -0.15) is 0 Å². The summed E-state index contributed by atoms with van der Waals surface area (Å²) in [6, 6.07) is 6.05. The maximum Gasteiger partial charge on any atom is 0.0471 e. The van der Waals surface area contributed by atoms with E-state index >= 15 is 0 Å². The lowest BCUT2D eigenvalue weighted by Gasteiger charge is -2.12. The largest absolute Gasteiger partial charge is 0.361 e. The number of hydrogen-bond acceptors (Lipinski definition) is 1. The Labute approximate surface area is 100.0 Å². The van der Waals surface area contributed by atoms with Crippen LogP contribution in [0.1, 0.15) is 18.4 Å². The molecule has 1 aliphatic carbocycles. The second kappa shape index (κ2) is 3.51. The van der Waals surface area contributed by atoms with Crippen LogP contribution in [0.2, 0.25) is 5.02 Å². The van der Waals surface area contributed by atoms with Crippen molar-refractivity contribution < 1.29 is 0 Å². The zero-order valence-electron chi connectivity index (χ0n) is 9.31. The van der Waals surface area contributed by atoms with E-state index in [1.54, 1.807) is 0 Å². The molecule has 1 saturated carbocycles. The molecule has 1 heterocycles. The van der Waals surface area contributed by atoms with Crippen LogP contribution in [0.4, 0.5) is 0 Å². The van der Waals surface area contributed by atoms with Gasteiger partial charge >= 0.3 is 0 Å². The van der Waals surface area contributed by atoms with Crippen molar-refractivity contribution in [3.05, 3.63) is 35.0 Å². The molecule has 0 radical (unpaired) electrons. The van der Waals surface area contributed by atoms with E-state index in [0.717, 1.165) is 17.0 Å². The minimum atomic E-state index is 0.356. The van der Waals surface area contributed by atoms with Gasteiger partial charge in [0.1, 0.15) is 0 Å². The highest BCUT2D eigenvalue weighted by atomic mass is 35.5. The number of H-pyrrole nitrogens is 1. The summed E-state index contributed by atoms with van der Waals surface area (Å²) in [6.07, 6.45) is 5.77. The number of aromatic nitrogens is 1. The molecule has 0 amide bonds. The van der Waals surface area contributed by atoms with Gasteiger partial charge in [0.2, 0.25) is 0 Å². The number of benzene rings is 1. The fourth-order valence-corrected chi connectivity index (χ4v) is 2.51. The van der Waals surface area contributed by atoms with Crippen molar-refractivity contribution in [2.75, 3.05) is 7.05 Å². The van der Waals surface area contributed by atoms with Gasteiger partial charge in [-0.1, -0.05) is 17.7 Å². The van der Waals surface area contributed by atoms with Crippen molar-refractivity contribution in [1.29, 1.82) is 0 Å². The lowest BCUT2D eigenvalue weighted by atomic mass is 10.0. The molecule has 3 heteroatoms. The quantitative estimate of drug-likeness (QED) is 0.839. The van der Waals surface area contributed by atoms with E-state index < -0.39 is 0 Å². The van der Waals surface area contributed by atoms with Gasteiger partial charge in [-0.05, 0) is 44.0 Å². The lowest BCUT2D eigenvalue weighted by molar-refractivity contribution is 0.550. The summed E-state index contributed by atoms with van der Waals surface area (Å²) in [5, 5.41) is 5.51. The van der Waals surface area contributed by atoms with Crippen LogP contribution in [0.25, 0.3) is 10.9 Å². The Morgan fingerprint density at radius 2 is 2.25 bits per heavy atom. The zero-order valence-corrected chi connectivity index (χ0v) is 10.1. The van der Waals surface area contributed by atoms with Crippen molar-refractivity contribution in [2.24, 2.45) is 0 Å². The van der Waals surface area contributed by atoms with Crippen LogP contribution in [-0.2, 0) is 6.42 Å². The molecular formula is C13H15ClN2. The fourth-order valence-electron chi connectivity index (χ4n) is 2.34. The summed E-state index contributed by atoms with van der Waals surface area (Å²) in [5.74, 6) is 0. The average molecular weight is 235 g/mol. The first-order chi connectivity index (χ1) is 7.72. The van der Waals surface area contributed by atoms with Crippen LogP contribution in [0, 0.1) is 0 Å². The molecular weight excluding hydrogens is 220 g/mol.